The van der Waals surface area contributed by atoms with Crippen LogP contribution in [0.15, 0.2) is 29.2 Å². The van der Waals surface area contributed by atoms with Gasteiger partial charge in [-0.15, -0.1) is 0 Å². The first-order chi connectivity index (χ1) is 11.0. The van der Waals surface area contributed by atoms with E-state index in [4.69, 9.17) is 0 Å². The molecule has 1 amide bonds. The third-order valence-corrected chi connectivity index (χ3v) is 6.44. The summed E-state index contributed by atoms with van der Waals surface area (Å²) >= 11 is 0. The number of likely N-dealkylation sites (N-methyl/N-ethyl adjacent to an activating group) is 1. The minimum absolute atomic E-state index is 0.114. The Morgan fingerprint density at radius 1 is 1.04 bits per heavy atom. The minimum atomic E-state index is -3.61. The van der Waals surface area contributed by atoms with Crippen LogP contribution in [0, 0.1) is 0 Å². The van der Waals surface area contributed by atoms with Crippen LogP contribution in [0.25, 0.3) is 0 Å². The largest absolute Gasteiger partial charge is 0.309 e. The zero-order valence-corrected chi connectivity index (χ0v) is 14.3. The van der Waals surface area contributed by atoms with E-state index < -0.39 is 10.0 Å². The molecule has 126 valence electrons. The van der Waals surface area contributed by atoms with Crippen LogP contribution in [0.2, 0.25) is 0 Å². The van der Waals surface area contributed by atoms with Gasteiger partial charge >= 0.3 is 0 Å². The Labute approximate surface area is 137 Å². The number of hydrogen-bond donors (Lipinski definition) is 0. The Bertz CT molecular complexity index is 684. The van der Waals surface area contributed by atoms with Crippen molar-refractivity contribution in [2.75, 3.05) is 44.7 Å². The van der Waals surface area contributed by atoms with E-state index in [1.807, 2.05) is 0 Å². The molecule has 0 unspecified atom stereocenters. The van der Waals surface area contributed by atoms with Crippen molar-refractivity contribution in [3.8, 4) is 0 Å². The van der Waals surface area contributed by atoms with Gasteiger partial charge in [0.15, 0.2) is 0 Å². The van der Waals surface area contributed by atoms with E-state index in [-0.39, 0.29) is 17.3 Å². The van der Waals surface area contributed by atoms with Gasteiger partial charge in [-0.25, -0.2) is 8.42 Å². The van der Waals surface area contributed by atoms with Crippen LogP contribution in [-0.4, -0.2) is 63.3 Å². The van der Waals surface area contributed by atoms with E-state index in [2.05, 4.69) is 4.90 Å². The Morgan fingerprint density at radius 3 is 2.48 bits per heavy atom. The van der Waals surface area contributed by atoms with Crippen LogP contribution in [0.5, 0.6) is 0 Å². The molecule has 0 aromatic heterocycles. The number of carbonyl (C=O) groups is 1. The number of amides is 1. The number of para-hydroxylation sites is 1. The fourth-order valence-electron chi connectivity index (χ4n) is 3.23. The molecule has 1 saturated heterocycles. The number of rotatable bonds is 3. The Balaban J connectivity index is 1.87. The number of nitrogens with zero attached hydrogens (tertiary/aromatic N) is 3. The van der Waals surface area contributed by atoms with Gasteiger partial charge in [-0.3, -0.25) is 4.79 Å². The zero-order chi connectivity index (χ0) is 16.4. The molecule has 6 nitrogen and oxygen atoms in total. The summed E-state index contributed by atoms with van der Waals surface area (Å²) in [7, 11) is -2.15. The number of sulfonamides is 1. The quantitative estimate of drug-likeness (QED) is 0.830. The molecular weight excluding hydrogens is 314 g/mol. The molecule has 3 rings (SSSR count). The molecule has 1 aromatic carbocycles. The summed E-state index contributed by atoms with van der Waals surface area (Å²) in [6, 6.07) is 6.78. The summed E-state index contributed by atoms with van der Waals surface area (Å²) in [5.74, 6) is -0.168. The lowest BCUT2D eigenvalue weighted by atomic mass is 10.1. The first-order valence-corrected chi connectivity index (χ1v) is 9.52. The number of fused-ring (bicyclic) bond motifs is 1. The molecule has 0 saturated carbocycles. The maximum atomic E-state index is 12.6. The van der Waals surface area contributed by atoms with Crippen molar-refractivity contribution in [2.24, 2.45) is 0 Å². The first-order valence-electron chi connectivity index (χ1n) is 8.08. The second kappa shape index (κ2) is 6.59. The Hall–Kier alpha value is -1.44. The van der Waals surface area contributed by atoms with Gasteiger partial charge in [-0.2, -0.15) is 4.31 Å². The number of anilines is 1. The molecule has 1 fully saturated rings. The topological polar surface area (TPSA) is 60.9 Å². The monoisotopic (exact) mass is 337 g/mol. The van der Waals surface area contributed by atoms with Crippen LogP contribution in [0.1, 0.15) is 19.3 Å². The van der Waals surface area contributed by atoms with Crippen LogP contribution in [0.4, 0.5) is 5.69 Å². The molecule has 2 aliphatic heterocycles. The maximum Gasteiger partial charge on any atom is 0.245 e. The van der Waals surface area contributed by atoms with Crippen molar-refractivity contribution in [2.45, 2.75) is 24.2 Å². The van der Waals surface area contributed by atoms with Gasteiger partial charge in [0.25, 0.3) is 0 Å². The number of piperidine rings is 1. The van der Waals surface area contributed by atoms with E-state index >= 15 is 0 Å². The molecule has 23 heavy (non-hydrogen) atoms. The third-order valence-electron chi connectivity index (χ3n) is 4.59. The fourth-order valence-corrected chi connectivity index (χ4v) is 4.54. The van der Waals surface area contributed by atoms with E-state index in [1.54, 1.807) is 29.2 Å². The summed E-state index contributed by atoms with van der Waals surface area (Å²) in [5.41, 5.74) is 0.499. The van der Waals surface area contributed by atoms with Crippen molar-refractivity contribution in [3.05, 3.63) is 24.3 Å². The molecule has 2 heterocycles. The number of hydrogen-bond acceptors (Lipinski definition) is 4. The second-order valence-electron chi connectivity index (χ2n) is 6.18. The fraction of sp³-hybridized carbons (Fsp3) is 0.562. The van der Waals surface area contributed by atoms with E-state index in [9.17, 15) is 13.2 Å². The van der Waals surface area contributed by atoms with Gasteiger partial charge in [-0.05, 0) is 38.1 Å². The average Bonchev–Trinajstić information content (AvgIpc) is 2.62. The van der Waals surface area contributed by atoms with Crippen molar-refractivity contribution in [3.63, 3.8) is 0 Å². The van der Waals surface area contributed by atoms with Crippen LogP contribution < -0.4 is 4.90 Å². The first kappa shape index (κ1) is 16.4. The van der Waals surface area contributed by atoms with Crippen molar-refractivity contribution >= 4 is 21.6 Å². The Morgan fingerprint density at radius 2 is 1.74 bits per heavy atom. The molecule has 1 aromatic rings. The molecule has 0 bridgehead atoms. The summed E-state index contributed by atoms with van der Waals surface area (Å²) in [4.78, 5) is 16.7. The van der Waals surface area contributed by atoms with E-state index in [1.165, 1.54) is 26.3 Å². The highest BCUT2D eigenvalue weighted by Gasteiger charge is 2.34. The lowest BCUT2D eigenvalue weighted by Gasteiger charge is -2.30. The van der Waals surface area contributed by atoms with E-state index in [0.717, 1.165) is 23.9 Å². The number of benzene rings is 1. The SMILES string of the molecule is CN1CC(=O)N(CCN2CCCCC2)c2ccccc2S1(=O)=O. The minimum Gasteiger partial charge on any atom is -0.309 e. The third kappa shape index (κ3) is 3.27. The number of likely N-dealkylation sites (tertiary alicyclic amines) is 1. The summed E-state index contributed by atoms with van der Waals surface area (Å²) in [6.45, 7) is 3.31. The van der Waals surface area contributed by atoms with Gasteiger partial charge < -0.3 is 9.80 Å². The van der Waals surface area contributed by atoms with Crippen LogP contribution in [0.3, 0.4) is 0 Å². The second-order valence-corrected chi connectivity index (χ2v) is 8.19. The molecule has 0 aliphatic carbocycles. The number of carbonyl (C=O) groups excluding carboxylic acids is 1. The average molecular weight is 337 g/mol. The predicted octanol–water partition coefficient (Wildman–Crippen LogP) is 1.14. The van der Waals surface area contributed by atoms with Crippen molar-refractivity contribution in [1.29, 1.82) is 0 Å². The molecule has 2 aliphatic rings. The lowest BCUT2D eigenvalue weighted by molar-refractivity contribution is -0.118. The van der Waals surface area contributed by atoms with Gasteiger partial charge in [0.2, 0.25) is 15.9 Å². The summed E-state index contributed by atoms with van der Waals surface area (Å²) in [6.07, 6.45) is 3.66. The lowest BCUT2D eigenvalue weighted by Crippen LogP contribution is -2.43. The van der Waals surface area contributed by atoms with Crippen LogP contribution >= 0.6 is 0 Å². The van der Waals surface area contributed by atoms with Gasteiger partial charge in [-0.1, -0.05) is 18.6 Å². The van der Waals surface area contributed by atoms with Crippen molar-refractivity contribution < 1.29 is 13.2 Å². The van der Waals surface area contributed by atoms with Gasteiger partial charge in [0.05, 0.1) is 12.2 Å². The van der Waals surface area contributed by atoms with Gasteiger partial charge in [0.1, 0.15) is 4.90 Å². The maximum absolute atomic E-state index is 12.6. The molecular formula is C16H23N3O3S. The van der Waals surface area contributed by atoms with E-state index in [0.29, 0.717) is 12.2 Å². The summed E-state index contributed by atoms with van der Waals surface area (Å²) < 4.78 is 26.2. The predicted molar refractivity (Wildman–Crippen MR) is 88.9 cm³/mol. The normalized spacial score (nSPS) is 22.7. The summed E-state index contributed by atoms with van der Waals surface area (Å²) in [5, 5.41) is 0. The zero-order valence-electron chi connectivity index (χ0n) is 13.4. The van der Waals surface area contributed by atoms with Crippen molar-refractivity contribution in [1.82, 2.24) is 9.21 Å². The highest BCUT2D eigenvalue weighted by molar-refractivity contribution is 7.89. The molecule has 0 spiro atoms. The molecule has 0 radical (unpaired) electrons. The van der Waals surface area contributed by atoms with Gasteiger partial charge in [0, 0.05) is 20.1 Å². The smallest absolute Gasteiger partial charge is 0.245 e. The molecule has 7 heteroatoms. The molecule has 0 atom stereocenters. The highest BCUT2D eigenvalue weighted by Crippen LogP contribution is 2.30. The standard InChI is InChI=1S/C16H23N3O3S/c1-17-13-16(20)19(12-11-18-9-5-2-6-10-18)14-7-3-4-8-15(14)23(17,21)22/h3-4,7-8H,2,5-6,9-13H2,1H3. The molecule has 0 N–H and O–H groups in total. The Kier molecular flexibility index (Phi) is 4.70. The highest BCUT2D eigenvalue weighted by atomic mass is 32.2. The van der Waals surface area contributed by atoms with Crippen LogP contribution in [-0.2, 0) is 14.8 Å².